The van der Waals surface area contributed by atoms with Crippen LogP contribution in [0.5, 0.6) is 0 Å². The zero-order valence-electron chi connectivity index (χ0n) is 7.56. The molecule has 0 unspecified atom stereocenters. The van der Waals surface area contributed by atoms with Crippen molar-refractivity contribution in [1.82, 2.24) is 4.90 Å². The molecule has 0 radical (unpaired) electrons. The molecule has 1 saturated heterocycles. The molecule has 1 fully saturated rings. The Labute approximate surface area is 69.1 Å². The van der Waals surface area contributed by atoms with E-state index in [0.717, 1.165) is 0 Å². The summed E-state index contributed by atoms with van der Waals surface area (Å²) in [7, 11) is 2.22. The molecule has 0 saturated carbocycles. The van der Waals surface area contributed by atoms with Crippen molar-refractivity contribution in [2.24, 2.45) is 5.41 Å². The van der Waals surface area contributed by atoms with Crippen LogP contribution in [-0.4, -0.2) is 25.0 Å². The standard InChI is InChI=1S/C10H17N/c1-9-5-3-4-6-10(9)7-11(2)8-10/h5H,3-4,6-8H2,1-2H3. The smallest absolute Gasteiger partial charge is 0.0163 e. The van der Waals surface area contributed by atoms with Gasteiger partial charge in [0.25, 0.3) is 0 Å². The second-order valence-electron chi connectivity index (χ2n) is 4.23. The second kappa shape index (κ2) is 2.34. The quantitative estimate of drug-likeness (QED) is 0.479. The number of rotatable bonds is 0. The van der Waals surface area contributed by atoms with Crippen molar-refractivity contribution < 1.29 is 0 Å². The fourth-order valence-corrected chi connectivity index (χ4v) is 2.57. The molecule has 0 amide bonds. The van der Waals surface area contributed by atoms with E-state index in [1.807, 2.05) is 0 Å². The molecule has 1 heterocycles. The van der Waals surface area contributed by atoms with Gasteiger partial charge in [-0.15, -0.1) is 0 Å². The maximum Gasteiger partial charge on any atom is 0.0163 e. The van der Waals surface area contributed by atoms with Gasteiger partial charge in [0.2, 0.25) is 0 Å². The van der Waals surface area contributed by atoms with E-state index in [0.29, 0.717) is 5.41 Å². The molecule has 1 heteroatoms. The minimum atomic E-state index is 0.618. The minimum absolute atomic E-state index is 0.618. The van der Waals surface area contributed by atoms with E-state index in [2.05, 4.69) is 24.9 Å². The van der Waals surface area contributed by atoms with Crippen molar-refractivity contribution in [3.8, 4) is 0 Å². The van der Waals surface area contributed by atoms with Crippen LogP contribution in [0.25, 0.3) is 0 Å². The van der Waals surface area contributed by atoms with Gasteiger partial charge in [0.05, 0.1) is 0 Å². The normalized spacial score (nSPS) is 29.8. The van der Waals surface area contributed by atoms with Gasteiger partial charge in [-0.3, -0.25) is 0 Å². The number of nitrogens with zero attached hydrogens (tertiary/aromatic N) is 1. The first kappa shape index (κ1) is 7.35. The summed E-state index contributed by atoms with van der Waals surface area (Å²) in [6.07, 6.45) is 6.60. The highest BCUT2D eigenvalue weighted by molar-refractivity contribution is 5.20. The highest BCUT2D eigenvalue weighted by atomic mass is 15.2. The lowest BCUT2D eigenvalue weighted by Gasteiger charge is -2.51. The van der Waals surface area contributed by atoms with Gasteiger partial charge in [-0.1, -0.05) is 11.6 Å². The van der Waals surface area contributed by atoms with Gasteiger partial charge in [-0.2, -0.15) is 0 Å². The van der Waals surface area contributed by atoms with Gasteiger partial charge in [0.15, 0.2) is 0 Å². The average Bonchev–Trinajstić information content (AvgIpc) is 1.92. The van der Waals surface area contributed by atoms with Crippen molar-refractivity contribution >= 4 is 0 Å². The van der Waals surface area contributed by atoms with Crippen LogP contribution in [0.1, 0.15) is 26.2 Å². The molecule has 0 aromatic rings. The average molecular weight is 151 g/mol. The first-order valence-corrected chi connectivity index (χ1v) is 4.59. The van der Waals surface area contributed by atoms with Crippen molar-refractivity contribution in [2.45, 2.75) is 26.2 Å². The Morgan fingerprint density at radius 3 is 2.73 bits per heavy atom. The largest absolute Gasteiger partial charge is 0.305 e. The van der Waals surface area contributed by atoms with Crippen molar-refractivity contribution in [1.29, 1.82) is 0 Å². The Kier molecular flexibility index (Phi) is 1.57. The molecule has 0 N–H and O–H groups in total. The van der Waals surface area contributed by atoms with E-state index < -0.39 is 0 Å². The van der Waals surface area contributed by atoms with Gasteiger partial charge < -0.3 is 4.90 Å². The van der Waals surface area contributed by atoms with E-state index >= 15 is 0 Å². The number of hydrogen-bond acceptors (Lipinski definition) is 1. The van der Waals surface area contributed by atoms with Crippen LogP contribution in [0.2, 0.25) is 0 Å². The van der Waals surface area contributed by atoms with Crippen LogP contribution in [0, 0.1) is 5.41 Å². The van der Waals surface area contributed by atoms with Crippen LogP contribution < -0.4 is 0 Å². The van der Waals surface area contributed by atoms with Crippen molar-refractivity contribution in [3.63, 3.8) is 0 Å². The summed E-state index contributed by atoms with van der Waals surface area (Å²) in [4.78, 5) is 2.42. The molecule has 0 aromatic carbocycles. The number of hydrogen-bond donors (Lipinski definition) is 0. The van der Waals surface area contributed by atoms with Crippen LogP contribution >= 0.6 is 0 Å². The lowest BCUT2D eigenvalue weighted by atomic mass is 9.68. The molecule has 0 bridgehead atoms. The molecule has 2 rings (SSSR count). The molecular weight excluding hydrogens is 134 g/mol. The third-order valence-corrected chi connectivity index (χ3v) is 3.29. The summed E-state index contributed by atoms with van der Waals surface area (Å²) in [5.41, 5.74) is 2.27. The van der Waals surface area contributed by atoms with Gasteiger partial charge in [-0.05, 0) is 33.2 Å². The third kappa shape index (κ3) is 1.02. The van der Waals surface area contributed by atoms with E-state index in [1.54, 1.807) is 5.57 Å². The Hall–Kier alpha value is -0.300. The summed E-state index contributed by atoms with van der Waals surface area (Å²) < 4.78 is 0. The zero-order valence-corrected chi connectivity index (χ0v) is 7.56. The van der Waals surface area contributed by atoms with Crippen LogP contribution in [0.3, 0.4) is 0 Å². The minimum Gasteiger partial charge on any atom is -0.305 e. The van der Waals surface area contributed by atoms with Crippen molar-refractivity contribution in [3.05, 3.63) is 11.6 Å². The lowest BCUT2D eigenvalue weighted by molar-refractivity contribution is 0.0417. The van der Waals surface area contributed by atoms with E-state index in [1.165, 1.54) is 32.4 Å². The molecule has 0 aromatic heterocycles. The highest BCUT2D eigenvalue weighted by Gasteiger charge is 2.42. The number of allylic oxidation sites excluding steroid dienone is 1. The van der Waals surface area contributed by atoms with Crippen LogP contribution in [0.15, 0.2) is 11.6 Å². The third-order valence-electron chi connectivity index (χ3n) is 3.29. The Morgan fingerprint density at radius 1 is 1.45 bits per heavy atom. The SMILES string of the molecule is CC1=CCCCC12CN(C)C2. The molecular formula is C10H17N. The van der Waals surface area contributed by atoms with Gasteiger partial charge in [0.1, 0.15) is 0 Å². The molecule has 1 aliphatic heterocycles. The molecule has 1 aliphatic carbocycles. The lowest BCUT2D eigenvalue weighted by Crippen LogP contribution is -2.55. The summed E-state index contributed by atoms with van der Waals surface area (Å²) in [5, 5.41) is 0. The topological polar surface area (TPSA) is 3.24 Å². The van der Waals surface area contributed by atoms with E-state index in [9.17, 15) is 0 Å². The molecule has 62 valence electrons. The fraction of sp³-hybridized carbons (Fsp3) is 0.800. The molecule has 0 atom stereocenters. The molecule has 1 nitrogen and oxygen atoms in total. The first-order chi connectivity index (χ1) is 5.23. The summed E-state index contributed by atoms with van der Waals surface area (Å²) in [6.45, 7) is 4.91. The van der Waals surface area contributed by atoms with Crippen LogP contribution in [0.4, 0.5) is 0 Å². The maximum absolute atomic E-state index is 2.44. The Balaban J connectivity index is 2.13. The van der Waals surface area contributed by atoms with Crippen LogP contribution in [-0.2, 0) is 0 Å². The Morgan fingerprint density at radius 2 is 2.18 bits per heavy atom. The predicted molar refractivity (Wildman–Crippen MR) is 47.5 cm³/mol. The first-order valence-electron chi connectivity index (χ1n) is 4.59. The summed E-state index contributed by atoms with van der Waals surface area (Å²) in [6, 6.07) is 0. The number of likely N-dealkylation sites (tertiary alicyclic amines) is 1. The van der Waals surface area contributed by atoms with Gasteiger partial charge in [0, 0.05) is 18.5 Å². The maximum atomic E-state index is 2.44. The van der Waals surface area contributed by atoms with Gasteiger partial charge in [-0.25, -0.2) is 0 Å². The fourth-order valence-electron chi connectivity index (χ4n) is 2.57. The molecule has 11 heavy (non-hydrogen) atoms. The van der Waals surface area contributed by atoms with E-state index in [-0.39, 0.29) is 0 Å². The summed E-state index contributed by atoms with van der Waals surface area (Å²) >= 11 is 0. The second-order valence-corrected chi connectivity index (χ2v) is 4.23. The van der Waals surface area contributed by atoms with E-state index in [4.69, 9.17) is 0 Å². The van der Waals surface area contributed by atoms with Crippen molar-refractivity contribution in [2.75, 3.05) is 20.1 Å². The van der Waals surface area contributed by atoms with Gasteiger partial charge >= 0.3 is 0 Å². The molecule has 1 spiro atoms. The summed E-state index contributed by atoms with van der Waals surface area (Å²) in [5.74, 6) is 0. The zero-order chi connectivity index (χ0) is 7.90. The predicted octanol–water partition coefficient (Wildman–Crippen LogP) is 2.05. The Bertz CT molecular complexity index is 187. The monoisotopic (exact) mass is 151 g/mol. The molecule has 2 aliphatic rings. The highest BCUT2D eigenvalue weighted by Crippen LogP contribution is 2.43.